The van der Waals surface area contributed by atoms with Gasteiger partial charge in [0.25, 0.3) is 0 Å². The summed E-state index contributed by atoms with van der Waals surface area (Å²) in [5.41, 5.74) is 5.12. The van der Waals surface area contributed by atoms with Crippen LogP contribution in [0.1, 0.15) is 46.5 Å². The summed E-state index contributed by atoms with van der Waals surface area (Å²) >= 11 is 0. The maximum atomic E-state index is 10.3. The van der Waals surface area contributed by atoms with Gasteiger partial charge in [-0.25, -0.2) is 0 Å². The Hall–Kier alpha value is -0.770. The topological polar surface area (TPSA) is 70.6 Å². The monoisotopic (exact) mass is 241 g/mol. The molecule has 0 unspecified atom stereocenters. The van der Waals surface area contributed by atoms with Gasteiger partial charge in [-0.3, -0.25) is 4.99 Å². The van der Waals surface area contributed by atoms with Gasteiger partial charge in [0, 0.05) is 6.54 Å². The largest absolute Gasteiger partial charge is 0.388 e. The number of aliphatic hydroxyl groups is 1. The van der Waals surface area contributed by atoms with Crippen LogP contribution in [-0.2, 0) is 0 Å². The van der Waals surface area contributed by atoms with E-state index < -0.39 is 5.60 Å². The van der Waals surface area contributed by atoms with Gasteiger partial charge >= 0.3 is 0 Å². The van der Waals surface area contributed by atoms with E-state index in [2.05, 4.69) is 31.1 Å². The molecule has 0 aromatic rings. The number of hydrogen-bond acceptors (Lipinski definition) is 2. The molecule has 17 heavy (non-hydrogen) atoms. The molecule has 1 rings (SSSR count). The second kappa shape index (κ2) is 6.24. The van der Waals surface area contributed by atoms with E-state index in [1.165, 1.54) is 0 Å². The van der Waals surface area contributed by atoms with E-state index in [0.29, 0.717) is 18.4 Å². The first kappa shape index (κ1) is 14.3. The first-order valence-electron chi connectivity index (χ1n) is 6.67. The predicted octanol–water partition coefficient (Wildman–Crippen LogP) is 1.49. The molecule has 0 amide bonds. The molecule has 1 fully saturated rings. The highest BCUT2D eigenvalue weighted by Gasteiger charge is 2.31. The summed E-state index contributed by atoms with van der Waals surface area (Å²) in [6, 6.07) is 0. The lowest BCUT2D eigenvalue weighted by molar-refractivity contribution is 0.00167. The van der Waals surface area contributed by atoms with Crippen LogP contribution in [0, 0.1) is 11.8 Å². The highest BCUT2D eigenvalue weighted by molar-refractivity contribution is 5.77. The highest BCUT2D eigenvalue weighted by Crippen LogP contribution is 2.31. The third-order valence-electron chi connectivity index (χ3n) is 3.44. The zero-order valence-electron chi connectivity index (χ0n) is 11.4. The van der Waals surface area contributed by atoms with Crippen LogP contribution in [0.4, 0.5) is 0 Å². The lowest BCUT2D eigenvalue weighted by atomic mass is 9.80. The van der Waals surface area contributed by atoms with Gasteiger partial charge < -0.3 is 16.2 Å². The van der Waals surface area contributed by atoms with E-state index in [9.17, 15) is 5.11 Å². The smallest absolute Gasteiger partial charge is 0.188 e. The molecule has 4 N–H and O–H groups in total. The fourth-order valence-corrected chi connectivity index (χ4v) is 2.05. The summed E-state index contributed by atoms with van der Waals surface area (Å²) in [5, 5.41) is 13.4. The van der Waals surface area contributed by atoms with E-state index in [1.807, 2.05) is 0 Å². The van der Waals surface area contributed by atoms with Gasteiger partial charge in [0.05, 0.1) is 12.1 Å². The van der Waals surface area contributed by atoms with Crippen LogP contribution in [0.25, 0.3) is 0 Å². The molecule has 1 saturated carbocycles. The van der Waals surface area contributed by atoms with E-state index >= 15 is 0 Å². The molecule has 4 heteroatoms. The van der Waals surface area contributed by atoms with Crippen LogP contribution in [-0.4, -0.2) is 29.8 Å². The van der Waals surface area contributed by atoms with Crippen molar-refractivity contribution in [3.63, 3.8) is 0 Å². The molecule has 0 aliphatic heterocycles. The quantitative estimate of drug-likeness (QED) is 0.516. The lowest BCUT2D eigenvalue weighted by Crippen LogP contribution is -2.40. The SMILES string of the molecule is CC(C)CNC(N)=NCC1(O)CCC(C)CC1. The average molecular weight is 241 g/mol. The van der Waals surface area contributed by atoms with Crippen molar-refractivity contribution in [1.29, 1.82) is 0 Å². The second-order valence-corrected chi connectivity index (χ2v) is 5.88. The van der Waals surface area contributed by atoms with E-state index in [4.69, 9.17) is 5.73 Å². The van der Waals surface area contributed by atoms with Crippen molar-refractivity contribution in [2.45, 2.75) is 52.1 Å². The molecular weight excluding hydrogens is 214 g/mol. The third-order valence-corrected chi connectivity index (χ3v) is 3.44. The standard InChI is InChI=1S/C13H27N3O/c1-10(2)8-15-12(14)16-9-13(17)6-4-11(3)5-7-13/h10-11,17H,4-9H2,1-3H3,(H3,14,15,16). The summed E-state index contributed by atoms with van der Waals surface area (Å²) in [6.45, 7) is 7.73. The molecule has 1 aliphatic carbocycles. The lowest BCUT2D eigenvalue weighted by Gasteiger charge is -2.33. The Labute approximate surface area is 105 Å². The van der Waals surface area contributed by atoms with Crippen molar-refractivity contribution >= 4 is 5.96 Å². The van der Waals surface area contributed by atoms with Gasteiger partial charge in [-0.15, -0.1) is 0 Å². The Balaban J connectivity index is 2.35. The van der Waals surface area contributed by atoms with Gasteiger partial charge in [-0.05, 0) is 37.5 Å². The zero-order valence-corrected chi connectivity index (χ0v) is 11.4. The highest BCUT2D eigenvalue weighted by atomic mass is 16.3. The molecule has 0 aromatic carbocycles. The fourth-order valence-electron chi connectivity index (χ4n) is 2.05. The van der Waals surface area contributed by atoms with Crippen LogP contribution >= 0.6 is 0 Å². The van der Waals surface area contributed by atoms with Crippen molar-refractivity contribution in [3.05, 3.63) is 0 Å². The summed E-state index contributed by atoms with van der Waals surface area (Å²) < 4.78 is 0. The maximum Gasteiger partial charge on any atom is 0.188 e. The number of rotatable bonds is 4. The minimum absolute atomic E-state index is 0.427. The van der Waals surface area contributed by atoms with Gasteiger partial charge in [-0.2, -0.15) is 0 Å². The number of nitrogens with zero attached hydrogens (tertiary/aromatic N) is 1. The molecule has 0 radical (unpaired) electrons. The third kappa shape index (κ3) is 5.39. The molecule has 0 aromatic heterocycles. The Bertz CT molecular complexity index is 255. The molecule has 0 heterocycles. The van der Waals surface area contributed by atoms with Crippen LogP contribution < -0.4 is 11.1 Å². The maximum absolute atomic E-state index is 10.3. The number of hydrogen-bond donors (Lipinski definition) is 3. The van der Waals surface area contributed by atoms with Crippen molar-refractivity contribution in [2.75, 3.05) is 13.1 Å². The molecule has 0 bridgehead atoms. The number of nitrogens with two attached hydrogens (primary N) is 1. The van der Waals surface area contributed by atoms with Crippen molar-refractivity contribution in [1.82, 2.24) is 5.32 Å². The summed E-state index contributed by atoms with van der Waals surface area (Å²) in [7, 11) is 0. The molecule has 100 valence electrons. The van der Waals surface area contributed by atoms with Crippen LogP contribution in [0.3, 0.4) is 0 Å². The van der Waals surface area contributed by atoms with Crippen molar-refractivity contribution in [3.8, 4) is 0 Å². The molecular formula is C13H27N3O. The van der Waals surface area contributed by atoms with Crippen LogP contribution in [0.5, 0.6) is 0 Å². The van der Waals surface area contributed by atoms with Gasteiger partial charge in [0.1, 0.15) is 0 Å². The number of nitrogens with one attached hydrogen (secondary N) is 1. The zero-order chi connectivity index (χ0) is 12.9. The van der Waals surface area contributed by atoms with Gasteiger partial charge in [0.2, 0.25) is 0 Å². The molecule has 1 aliphatic rings. The summed E-state index contributed by atoms with van der Waals surface area (Å²) in [4.78, 5) is 4.25. The van der Waals surface area contributed by atoms with Crippen molar-refractivity contribution < 1.29 is 5.11 Å². The van der Waals surface area contributed by atoms with Gasteiger partial charge in [0.15, 0.2) is 5.96 Å². The van der Waals surface area contributed by atoms with Gasteiger partial charge in [-0.1, -0.05) is 20.8 Å². The number of guanidine groups is 1. The molecule has 0 spiro atoms. The van der Waals surface area contributed by atoms with Crippen LogP contribution in [0.15, 0.2) is 4.99 Å². The van der Waals surface area contributed by atoms with E-state index in [-0.39, 0.29) is 0 Å². The van der Waals surface area contributed by atoms with Crippen molar-refractivity contribution in [2.24, 2.45) is 22.6 Å². The van der Waals surface area contributed by atoms with E-state index in [0.717, 1.165) is 38.1 Å². The minimum Gasteiger partial charge on any atom is -0.388 e. The molecule has 4 nitrogen and oxygen atoms in total. The second-order valence-electron chi connectivity index (χ2n) is 5.88. The molecule has 0 atom stereocenters. The Morgan fingerprint density at radius 3 is 2.59 bits per heavy atom. The van der Waals surface area contributed by atoms with E-state index in [1.54, 1.807) is 0 Å². The Kier molecular flexibility index (Phi) is 5.25. The Morgan fingerprint density at radius 1 is 1.47 bits per heavy atom. The fraction of sp³-hybridized carbons (Fsp3) is 0.923. The average Bonchev–Trinajstić information content (AvgIpc) is 2.28. The number of aliphatic imine (C=N–C) groups is 1. The first-order chi connectivity index (χ1) is 7.91. The molecule has 0 saturated heterocycles. The van der Waals surface area contributed by atoms with Crippen LogP contribution in [0.2, 0.25) is 0 Å². The summed E-state index contributed by atoms with van der Waals surface area (Å²) in [5.74, 6) is 1.73. The summed E-state index contributed by atoms with van der Waals surface area (Å²) in [6.07, 6.45) is 3.86. The normalized spacial score (nSPS) is 30.6. The Morgan fingerprint density at radius 2 is 2.06 bits per heavy atom. The first-order valence-corrected chi connectivity index (χ1v) is 6.67. The minimum atomic E-state index is -0.628. The predicted molar refractivity (Wildman–Crippen MR) is 71.9 cm³/mol.